The summed E-state index contributed by atoms with van der Waals surface area (Å²) in [6.45, 7) is 3.16. The van der Waals surface area contributed by atoms with Crippen LogP contribution in [0.2, 0.25) is 5.02 Å². The average molecular weight is 397 g/mol. The van der Waals surface area contributed by atoms with Crippen LogP contribution in [0.25, 0.3) is 12.2 Å². The first-order valence-corrected chi connectivity index (χ1v) is 9.87. The van der Waals surface area contributed by atoms with Crippen LogP contribution in [0.5, 0.6) is 0 Å². The molecule has 0 unspecified atom stereocenters. The van der Waals surface area contributed by atoms with E-state index in [-0.39, 0.29) is 0 Å². The summed E-state index contributed by atoms with van der Waals surface area (Å²) in [4.78, 5) is 9.78. The number of benzene rings is 1. The topological polar surface area (TPSA) is 56.3 Å². The number of nitriles is 1. The van der Waals surface area contributed by atoms with Crippen molar-refractivity contribution in [3.8, 4) is 6.07 Å². The van der Waals surface area contributed by atoms with Crippen molar-refractivity contribution in [2.75, 3.05) is 36.0 Å². The standard InChI is InChI=1S/C20H17ClN4OS/c21-15-3-1-4-16(13-15)24-8-10-25(11-9-24)20-18(14-22)23-19(26-20)7-6-17-5-2-12-27-17/h1-7,12-13H,8-11H2/b7-6+. The first kappa shape index (κ1) is 17.7. The number of nitrogens with zero attached hydrogens (tertiary/aromatic N) is 4. The number of piperazine rings is 1. The summed E-state index contributed by atoms with van der Waals surface area (Å²) < 4.78 is 5.87. The summed E-state index contributed by atoms with van der Waals surface area (Å²) >= 11 is 7.74. The Labute approximate surface area is 166 Å². The van der Waals surface area contributed by atoms with Crippen molar-refractivity contribution in [2.24, 2.45) is 0 Å². The summed E-state index contributed by atoms with van der Waals surface area (Å²) in [5.41, 5.74) is 1.44. The molecule has 0 radical (unpaired) electrons. The van der Waals surface area contributed by atoms with Crippen molar-refractivity contribution < 1.29 is 4.42 Å². The summed E-state index contributed by atoms with van der Waals surface area (Å²) in [6.07, 6.45) is 3.75. The van der Waals surface area contributed by atoms with E-state index < -0.39 is 0 Å². The van der Waals surface area contributed by atoms with Crippen LogP contribution in [-0.4, -0.2) is 31.2 Å². The summed E-state index contributed by atoms with van der Waals surface area (Å²) in [7, 11) is 0. The minimum Gasteiger partial charge on any atom is -0.420 e. The quantitative estimate of drug-likeness (QED) is 0.636. The molecule has 136 valence electrons. The predicted molar refractivity (Wildman–Crippen MR) is 110 cm³/mol. The Kier molecular flexibility index (Phi) is 5.14. The predicted octanol–water partition coefficient (Wildman–Crippen LogP) is 4.76. The monoisotopic (exact) mass is 396 g/mol. The molecule has 1 fully saturated rings. The van der Waals surface area contributed by atoms with Crippen molar-refractivity contribution in [2.45, 2.75) is 0 Å². The Morgan fingerprint density at radius 1 is 1.11 bits per heavy atom. The molecule has 1 saturated heterocycles. The van der Waals surface area contributed by atoms with Crippen LogP contribution in [0.4, 0.5) is 11.6 Å². The number of hydrogen-bond donors (Lipinski definition) is 0. The van der Waals surface area contributed by atoms with Crippen molar-refractivity contribution in [1.82, 2.24) is 4.98 Å². The minimum atomic E-state index is 0.331. The largest absolute Gasteiger partial charge is 0.420 e. The summed E-state index contributed by atoms with van der Waals surface area (Å²) in [6, 6.07) is 14.0. The van der Waals surface area contributed by atoms with Gasteiger partial charge >= 0.3 is 0 Å². The SMILES string of the molecule is N#Cc1nc(/C=C/c2cccs2)oc1N1CCN(c2cccc(Cl)c2)CC1. The summed E-state index contributed by atoms with van der Waals surface area (Å²) in [5, 5.41) is 12.2. The van der Waals surface area contributed by atoms with Crippen LogP contribution in [0.15, 0.2) is 46.2 Å². The molecule has 0 spiro atoms. The van der Waals surface area contributed by atoms with Crippen LogP contribution in [-0.2, 0) is 0 Å². The zero-order chi connectivity index (χ0) is 18.6. The summed E-state index contributed by atoms with van der Waals surface area (Å²) in [5.74, 6) is 1.00. The maximum atomic E-state index is 9.43. The molecule has 4 rings (SSSR count). The number of halogens is 1. The fourth-order valence-electron chi connectivity index (χ4n) is 3.07. The average Bonchev–Trinajstić information content (AvgIpc) is 3.36. The van der Waals surface area contributed by atoms with Gasteiger partial charge in [-0.1, -0.05) is 23.7 Å². The highest BCUT2D eigenvalue weighted by Crippen LogP contribution is 2.26. The number of rotatable bonds is 4. The number of hydrogen-bond acceptors (Lipinski definition) is 6. The molecular weight excluding hydrogens is 380 g/mol. The number of anilines is 2. The van der Waals surface area contributed by atoms with Gasteiger partial charge in [0.15, 0.2) is 0 Å². The maximum absolute atomic E-state index is 9.43. The molecular formula is C20H17ClN4OS. The molecule has 3 aromatic rings. The molecule has 0 amide bonds. The lowest BCUT2D eigenvalue weighted by Crippen LogP contribution is -2.46. The van der Waals surface area contributed by atoms with Crippen molar-refractivity contribution in [1.29, 1.82) is 5.26 Å². The normalized spacial score (nSPS) is 14.7. The Balaban J connectivity index is 1.47. The van der Waals surface area contributed by atoms with Crippen LogP contribution >= 0.6 is 22.9 Å². The first-order valence-electron chi connectivity index (χ1n) is 8.61. The van der Waals surface area contributed by atoms with Gasteiger partial charge in [-0.2, -0.15) is 10.2 Å². The second-order valence-electron chi connectivity index (χ2n) is 6.12. The van der Waals surface area contributed by atoms with E-state index in [0.29, 0.717) is 17.5 Å². The lowest BCUT2D eigenvalue weighted by Gasteiger charge is -2.35. The van der Waals surface area contributed by atoms with E-state index in [1.807, 2.05) is 41.8 Å². The van der Waals surface area contributed by atoms with Gasteiger partial charge in [-0.25, -0.2) is 0 Å². The van der Waals surface area contributed by atoms with E-state index in [1.54, 1.807) is 17.4 Å². The molecule has 0 atom stereocenters. The van der Waals surface area contributed by atoms with Crippen molar-refractivity contribution in [3.63, 3.8) is 0 Å². The Morgan fingerprint density at radius 3 is 2.63 bits per heavy atom. The van der Waals surface area contributed by atoms with Crippen LogP contribution < -0.4 is 9.80 Å². The third-order valence-corrected chi connectivity index (χ3v) is 5.48. The third-order valence-electron chi connectivity index (χ3n) is 4.41. The smallest absolute Gasteiger partial charge is 0.235 e. The van der Waals surface area contributed by atoms with Crippen molar-refractivity contribution >= 4 is 46.7 Å². The number of thiophene rings is 1. The van der Waals surface area contributed by atoms with Gasteiger partial charge in [0.1, 0.15) is 6.07 Å². The molecule has 1 aliphatic rings. The van der Waals surface area contributed by atoms with E-state index >= 15 is 0 Å². The number of oxazole rings is 1. The van der Waals surface area contributed by atoms with Gasteiger partial charge in [0.2, 0.25) is 17.5 Å². The van der Waals surface area contributed by atoms with Crippen LogP contribution in [0, 0.1) is 11.3 Å². The van der Waals surface area contributed by atoms with E-state index in [9.17, 15) is 5.26 Å². The van der Waals surface area contributed by atoms with Gasteiger partial charge < -0.3 is 14.2 Å². The lowest BCUT2D eigenvalue weighted by atomic mass is 10.2. The molecule has 3 heterocycles. The minimum absolute atomic E-state index is 0.331. The molecule has 0 bridgehead atoms. The molecule has 5 nitrogen and oxygen atoms in total. The van der Waals surface area contributed by atoms with E-state index in [4.69, 9.17) is 16.0 Å². The van der Waals surface area contributed by atoms with E-state index in [0.717, 1.165) is 41.8 Å². The number of aromatic nitrogens is 1. The molecule has 27 heavy (non-hydrogen) atoms. The Morgan fingerprint density at radius 2 is 1.93 bits per heavy atom. The molecule has 0 saturated carbocycles. The lowest BCUT2D eigenvalue weighted by molar-refractivity contribution is 0.513. The molecule has 0 N–H and O–H groups in total. The molecule has 1 aromatic carbocycles. The molecule has 0 aliphatic carbocycles. The van der Waals surface area contributed by atoms with Gasteiger partial charge in [-0.05, 0) is 35.7 Å². The molecule has 2 aromatic heterocycles. The molecule has 1 aliphatic heterocycles. The highest BCUT2D eigenvalue weighted by Gasteiger charge is 2.24. The second kappa shape index (κ2) is 7.87. The highest BCUT2D eigenvalue weighted by molar-refractivity contribution is 7.10. The Bertz CT molecular complexity index is 982. The second-order valence-corrected chi connectivity index (χ2v) is 7.54. The fraction of sp³-hybridized carbons (Fsp3) is 0.200. The zero-order valence-corrected chi connectivity index (χ0v) is 16.1. The van der Waals surface area contributed by atoms with Gasteiger partial charge in [-0.15, -0.1) is 11.3 Å². The Hall–Kier alpha value is -2.75. The van der Waals surface area contributed by atoms with Crippen molar-refractivity contribution in [3.05, 3.63) is 63.3 Å². The van der Waals surface area contributed by atoms with Crippen LogP contribution in [0.3, 0.4) is 0 Å². The van der Waals surface area contributed by atoms with Gasteiger partial charge in [0, 0.05) is 47.8 Å². The fourth-order valence-corrected chi connectivity index (χ4v) is 3.87. The third kappa shape index (κ3) is 4.00. The zero-order valence-electron chi connectivity index (χ0n) is 14.5. The van der Waals surface area contributed by atoms with Crippen LogP contribution in [0.1, 0.15) is 16.5 Å². The van der Waals surface area contributed by atoms with Gasteiger partial charge in [0.25, 0.3) is 0 Å². The van der Waals surface area contributed by atoms with Gasteiger partial charge in [-0.3, -0.25) is 0 Å². The first-order chi connectivity index (χ1) is 13.2. The van der Waals surface area contributed by atoms with Gasteiger partial charge in [0.05, 0.1) is 0 Å². The van der Waals surface area contributed by atoms with E-state index in [1.165, 1.54) is 0 Å². The molecule has 7 heteroatoms. The maximum Gasteiger partial charge on any atom is 0.235 e. The van der Waals surface area contributed by atoms with E-state index in [2.05, 4.69) is 26.9 Å². The highest BCUT2D eigenvalue weighted by atomic mass is 35.5.